The van der Waals surface area contributed by atoms with Crippen LogP contribution in [-0.4, -0.2) is 31.5 Å². The lowest BCUT2D eigenvalue weighted by Crippen LogP contribution is -2.35. The number of methoxy groups -OCH3 is 1. The van der Waals surface area contributed by atoms with Gasteiger partial charge in [-0.15, -0.1) is 11.3 Å². The van der Waals surface area contributed by atoms with Crippen molar-refractivity contribution in [2.75, 3.05) is 20.3 Å². The highest BCUT2D eigenvalue weighted by Gasteiger charge is 2.06. The Morgan fingerprint density at radius 3 is 3.00 bits per heavy atom. The van der Waals surface area contributed by atoms with Gasteiger partial charge in [-0.2, -0.15) is 0 Å². The third-order valence-electron chi connectivity index (χ3n) is 1.80. The second-order valence-corrected chi connectivity index (χ2v) is 5.27. The van der Waals surface area contributed by atoms with Gasteiger partial charge in [-0.1, -0.05) is 0 Å². The average molecular weight is 280 g/mol. The standard InChI is InChI=1S/C9H14BrNO2S/c1-13-5-8(4-12)11-3-7-2-9(10)14-6-7/h2,6,8,11-12H,3-5H2,1H3. The molecule has 1 rings (SSSR count). The molecule has 0 saturated carbocycles. The minimum Gasteiger partial charge on any atom is -0.395 e. The van der Waals surface area contributed by atoms with E-state index < -0.39 is 0 Å². The molecule has 1 aromatic rings. The van der Waals surface area contributed by atoms with Crippen LogP contribution in [0.25, 0.3) is 0 Å². The summed E-state index contributed by atoms with van der Waals surface area (Å²) in [6.07, 6.45) is 0. The molecule has 0 bridgehead atoms. The van der Waals surface area contributed by atoms with Gasteiger partial charge in [-0.05, 0) is 32.9 Å². The van der Waals surface area contributed by atoms with E-state index in [1.807, 2.05) is 0 Å². The van der Waals surface area contributed by atoms with Crippen LogP contribution >= 0.6 is 27.3 Å². The van der Waals surface area contributed by atoms with Crippen molar-refractivity contribution in [2.45, 2.75) is 12.6 Å². The number of hydrogen-bond acceptors (Lipinski definition) is 4. The zero-order chi connectivity index (χ0) is 10.4. The number of aliphatic hydroxyl groups excluding tert-OH is 1. The summed E-state index contributed by atoms with van der Waals surface area (Å²) in [7, 11) is 1.63. The topological polar surface area (TPSA) is 41.5 Å². The minimum absolute atomic E-state index is 0.0127. The molecule has 0 aliphatic rings. The summed E-state index contributed by atoms with van der Waals surface area (Å²) >= 11 is 5.06. The normalized spacial score (nSPS) is 13.1. The van der Waals surface area contributed by atoms with Crippen LogP contribution < -0.4 is 5.32 Å². The monoisotopic (exact) mass is 279 g/mol. The van der Waals surface area contributed by atoms with Crippen molar-refractivity contribution < 1.29 is 9.84 Å². The van der Waals surface area contributed by atoms with Crippen LogP contribution in [-0.2, 0) is 11.3 Å². The number of thiophene rings is 1. The Morgan fingerprint density at radius 1 is 1.71 bits per heavy atom. The maximum atomic E-state index is 8.99. The van der Waals surface area contributed by atoms with Crippen LogP contribution in [0.4, 0.5) is 0 Å². The summed E-state index contributed by atoms with van der Waals surface area (Å²) in [4.78, 5) is 0. The number of halogens is 1. The second-order valence-electron chi connectivity index (χ2n) is 2.97. The first-order valence-electron chi connectivity index (χ1n) is 4.32. The van der Waals surface area contributed by atoms with E-state index in [0.29, 0.717) is 6.61 Å². The molecule has 0 spiro atoms. The smallest absolute Gasteiger partial charge is 0.0701 e. The largest absolute Gasteiger partial charge is 0.395 e. The lowest BCUT2D eigenvalue weighted by atomic mass is 10.3. The fourth-order valence-electron chi connectivity index (χ4n) is 1.08. The Bertz CT molecular complexity index is 267. The Kier molecular flexibility index (Phi) is 5.66. The zero-order valence-electron chi connectivity index (χ0n) is 8.00. The first-order chi connectivity index (χ1) is 6.76. The van der Waals surface area contributed by atoms with Gasteiger partial charge in [0, 0.05) is 13.7 Å². The van der Waals surface area contributed by atoms with E-state index in [9.17, 15) is 0 Å². The van der Waals surface area contributed by atoms with E-state index in [-0.39, 0.29) is 12.6 Å². The lowest BCUT2D eigenvalue weighted by molar-refractivity contribution is 0.128. The molecule has 0 saturated heterocycles. The predicted octanol–water partition coefficient (Wildman–Crippen LogP) is 1.61. The average Bonchev–Trinajstić information content (AvgIpc) is 2.59. The third-order valence-corrected chi connectivity index (χ3v) is 3.36. The number of nitrogens with one attached hydrogen (secondary N) is 1. The van der Waals surface area contributed by atoms with Crippen molar-refractivity contribution in [3.05, 3.63) is 20.8 Å². The summed E-state index contributed by atoms with van der Waals surface area (Å²) in [6, 6.07) is 2.08. The molecule has 1 heterocycles. The molecule has 0 amide bonds. The van der Waals surface area contributed by atoms with E-state index in [4.69, 9.17) is 9.84 Å². The summed E-state index contributed by atoms with van der Waals surface area (Å²) in [5.41, 5.74) is 1.22. The van der Waals surface area contributed by atoms with Crippen molar-refractivity contribution in [1.82, 2.24) is 5.32 Å². The summed E-state index contributed by atoms with van der Waals surface area (Å²) in [5, 5.41) is 14.3. The van der Waals surface area contributed by atoms with Crippen molar-refractivity contribution >= 4 is 27.3 Å². The first kappa shape index (κ1) is 12.1. The van der Waals surface area contributed by atoms with Gasteiger partial charge in [0.2, 0.25) is 0 Å². The molecule has 1 aromatic heterocycles. The molecule has 3 nitrogen and oxygen atoms in total. The number of hydrogen-bond donors (Lipinski definition) is 2. The lowest BCUT2D eigenvalue weighted by Gasteiger charge is -2.14. The summed E-state index contributed by atoms with van der Waals surface area (Å²) in [6.45, 7) is 1.39. The Labute approximate surface area is 96.2 Å². The van der Waals surface area contributed by atoms with E-state index >= 15 is 0 Å². The maximum Gasteiger partial charge on any atom is 0.0701 e. The zero-order valence-corrected chi connectivity index (χ0v) is 10.4. The van der Waals surface area contributed by atoms with E-state index in [0.717, 1.165) is 10.3 Å². The molecule has 80 valence electrons. The predicted molar refractivity (Wildman–Crippen MR) is 61.6 cm³/mol. The molecule has 14 heavy (non-hydrogen) atoms. The quantitative estimate of drug-likeness (QED) is 0.832. The summed E-state index contributed by atoms with van der Waals surface area (Å²) in [5.74, 6) is 0. The van der Waals surface area contributed by atoms with Crippen molar-refractivity contribution in [2.24, 2.45) is 0 Å². The molecule has 0 radical (unpaired) electrons. The van der Waals surface area contributed by atoms with Crippen LogP contribution in [0.2, 0.25) is 0 Å². The van der Waals surface area contributed by atoms with Crippen LogP contribution in [0.15, 0.2) is 15.2 Å². The molecule has 0 aromatic carbocycles. The Hall–Kier alpha value is 0.0600. The molecular formula is C9H14BrNO2S. The van der Waals surface area contributed by atoms with E-state index in [1.165, 1.54) is 5.56 Å². The highest BCUT2D eigenvalue weighted by atomic mass is 79.9. The Balaban J connectivity index is 2.31. The SMILES string of the molecule is COCC(CO)NCc1csc(Br)c1. The number of rotatable bonds is 6. The minimum atomic E-state index is 0.0127. The molecule has 1 atom stereocenters. The Morgan fingerprint density at radius 2 is 2.50 bits per heavy atom. The molecule has 5 heteroatoms. The van der Waals surface area contributed by atoms with Gasteiger partial charge in [0.15, 0.2) is 0 Å². The van der Waals surface area contributed by atoms with Crippen molar-refractivity contribution in [1.29, 1.82) is 0 Å². The van der Waals surface area contributed by atoms with E-state index in [1.54, 1.807) is 18.4 Å². The molecular weight excluding hydrogens is 266 g/mol. The van der Waals surface area contributed by atoms with Crippen LogP contribution in [0.1, 0.15) is 5.56 Å². The van der Waals surface area contributed by atoms with Crippen molar-refractivity contribution in [3.63, 3.8) is 0 Å². The van der Waals surface area contributed by atoms with Gasteiger partial charge in [0.25, 0.3) is 0 Å². The molecule has 1 unspecified atom stereocenters. The summed E-state index contributed by atoms with van der Waals surface area (Å²) < 4.78 is 6.09. The fraction of sp³-hybridized carbons (Fsp3) is 0.556. The second kappa shape index (κ2) is 6.53. The fourth-order valence-corrected chi connectivity index (χ4v) is 2.29. The van der Waals surface area contributed by atoms with Crippen LogP contribution in [0, 0.1) is 0 Å². The molecule has 2 N–H and O–H groups in total. The van der Waals surface area contributed by atoms with Gasteiger partial charge in [0.1, 0.15) is 0 Å². The number of aliphatic hydroxyl groups is 1. The van der Waals surface area contributed by atoms with Gasteiger partial charge in [0.05, 0.1) is 23.0 Å². The first-order valence-corrected chi connectivity index (χ1v) is 5.99. The van der Waals surface area contributed by atoms with Gasteiger partial charge in [-0.3, -0.25) is 0 Å². The number of ether oxygens (including phenoxy) is 1. The van der Waals surface area contributed by atoms with E-state index in [2.05, 4.69) is 32.7 Å². The maximum absolute atomic E-state index is 8.99. The van der Waals surface area contributed by atoms with Gasteiger partial charge in [-0.25, -0.2) is 0 Å². The highest BCUT2D eigenvalue weighted by molar-refractivity contribution is 9.11. The van der Waals surface area contributed by atoms with Gasteiger partial charge >= 0.3 is 0 Å². The van der Waals surface area contributed by atoms with Gasteiger partial charge < -0.3 is 15.2 Å². The molecule has 0 aliphatic heterocycles. The molecule has 0 aliphatic carbocycles. The van der Waals surface area contributed by atoms with Crippen LogP contribution in [0.3, 0.4) is 0 Å². The van der Waals surface area contributed by atoms with Crippen molar-refractivity contribution in [3.8, 4) is 0 Å². The molecule has 0 fully saturated rings. The van der Waals surface area contributed by atoms with Crippen LogP contribution in [0.5, 0.6) is 0 Å². The highest BCUT2D eigenvalue weighted by Crippen LogP contribution is 2.20. The third kappa shape index (κ3) is 4.06.